The van der Waals surface area contributed by atoms with Crippen LogP contribution >= 0.6 is 0 Å². The SMILES string of the molecule is Cc1cc(C(=O)Nc2ccc(-c3ccccc3S(=O)(=O)NC(C)(C)C)cc2)n(-c2ccccc2)n1. The smallest absolute Gasteiger partial charge is 0.274 e. The summed E-state index contributed by atoms with van der Waals surface area (Å²) in [5.74, 6) is -0.292. The lowest BCUT2D eigenvalue weighted by atomic mass is 10.1. The first-order chi connectivity index (χ1) is 16.5. The summed E-state index contributed by atoms with van der Waals surface area (Å²) in [5, 5.41) is 7.35. The lowest BCUT2D eigenvalue weighted by Gasteiger charge is -2.21. The highest BCUT2D eigenvalue weighted by Crippen LogP contribution is 2.29. The molecule has 180 valence electrons. The maximum absolute atomic E-state index is 13.0. The average molecular weight is 489 g/mol. The van der Waals surface area contributed by atoms with Crippen molar-refractivity contribution in [1.82, 2.24) is 14.5 Å². The predicted octanol–water partition coefficient (Wildman–Crippen LogP) is 5.18. The largest absolute Gasteiger partial charge is 0.321 e. The van der Waals surface area contributed by atoms with Crippen molar-refractivity contribution >= 4 is 21.6 Å². The maximum Gasteiger partial charge on any atom is 0.274 e. The Balaban J connectivity index is 1.59. The summed E-state index contributed by atoms with van der Waals surface area (Å²) in [6.07, 6.45) is 0. The van der Waals surface area contributed by atoms with E-state index in [0.717, 1.165) is 16.9 Å². The van der Waals surface area contributed by atoms with Gasteiger partial charge in [0.25, 0.3) is 5.91 Å². The fraction of sp³-hybridized carbons (Fsp3) is 0.185. The van der Waals surface area contributed by atoms with Crippen molar-refractivity contribution in [2.75, 3.05) is 5.32 Å². The Morgan fingerprint density at radius 1 is 0.886 bits per heavy atom. The second-order valence-corrected chi connectivity index (χ2v) is 11.0. The number of sulfonamides is 1. The molecule has 0 bridgehead atoms. The van der Waals surface area contributed by atoms with E-state index in [0.29, 0.717) is 16.9 Å². The van der Waals surface area contributed by atoms with E-state index < -0.39 is 15.6 Å². The van der Waals surface area contributed by atoms with Crippen LogP contribution in [0.1, 0.15) is 37.0 Å². The van der Waals surface area contributed by atoms with Crippen LogP contribution in [0.15, 0.2) is 89.8 Å². The molecule has 1 heterocycles. The zero-order chi connectivity index (χ0) is 25.2. The van der Waals surface area contributed by atoms with E-state index in [1.807, 2.05) is 37.3 Å². The van der Waals surface area contributed by atoms with Crippen molar-refractivity contribution in [1.29, 1.82) is 0 Å². The van der Waals surface area contributed by atoms with Crippen LogP contribution in [-0.4, -0.2) is 29.6 Å². The van der Waals surface area contributed by atoms with Crippen molar-refractivity contribution < 1.29 is 13.2 Å². The number of hydrogen-bond donors (Lipinski definition) is 2. The van der Waals surface area contributed by atoms with Crippen LogP contribution in [0.5, 0.6) is 0 Å². The summed E-state index contributed by atoms with van der Waals surface area (Å²) in [4.78, 5) is 13.2. The van der Waals surface area contributed by atoms with Gasteiger partial charge in [-0.25, -0.2) is 17.8 Å². The van der Waals surface area contributed by atoms with Crippen LogP contribution in [0.3, 0.4) is 0 Å². The minimum Gasteiger partial charge on any atom is -0.321 e. The first kappa shape index (κ1) is 24.4. The normalized spacial score (nSPS) is 11.9. The lowest BCUT2D eigenvalue weighted by Crippen LogP contribution is -2.40. The van der Waals surface area contributed by atoms with Gasteiger partial charge in [-0.1, -0.05) is 48.5 Å². The summed E-state index contributed by atoms with van der Waals surface area (Å²) in [7, 11) is -3.72. The van der Waals surface area contributed by atoms with Crippen LogP contribution in [0.2, 0.25) is 0 Å². The molecule has 0 atom stereocenters. The van der Waals surface area contributed by atoms with Crippen molar-refractivity contribution in [3.63, 3.8) is 0 Å². The number of anilines is 1. The molecule has 3 aromatic carbocycles. The van der Waals surface area contributed by atoms with Crippen LogP contribution in [0, 0.1) is 6.92 Å². The quantitative estimate of drug-likeness (QED) is 0.391. The fourth-order valence-corrected chi connectivity index (χ4v) is 5.40. The number of carbonyl (C=O) groups excluding carboxylic acids is 1. The highest BCUT2D eigenvalue weighted by atomic mass is 32.2. The Labute approximate surface area is 205 Å². The van der Waals surface area contributed by atoms with E-state index in [1.165, 1.54) is 0 Å². The molecule has 0 spiro atoms. The molecular formula is C27H28N4O3S. The summed E-state index contributed by atoms with van der Waals surface area (Å²) < 4.78 is 30.3. The Bertz CT molecular complexity index is 1450. The number of carbonyl (C=O) groups is 1. The van der Waals surface area contributed by atoms with Gasteiger partial charge in [0, 0.05) is 16.8 Å². The molecule has 4 rings (SSSR count). The van der Waals surface area contributed by atoms with E-state index in [2.05, 4.69) is 15.1 Å². The number of nitrogens with zero attached hydrogens (tertiary/aromatic N) is 2. The predicted molar refractivity (Wildman–Crippen MR) is 138 cm³/mol. The van der Waals surface area contributed by atoms with Gasteiger partial charge >= 0.3 is 0 Å². The fourth-order valence-electron chi connectivity index (χ4n) is 3.75. The Morgan fingerprint density at radius 2 is 1.51 bits per heavy atom. The third-order valence-corrected chi connectivity index (χ3v) is 6.95. The monoisotopic (exact) mass is 488 g/mol. The molecule has 1 amide bonds. The number of benzene rings is 3. The molecule has 7 nitrogen and oxygen atoms in total. The number of rotatable bonds is 6. The highest BCUT2D eigenvalue weighted by Gasteiger charge is 2.24. The molecule has 0 aliphatic carbocycles. The minimum atomic E-state index is -3.72. The minimum absolute atomic E-state index is 0.203. The van der Waals surface area contributed by atoms with Crippen LogP contribution < -0.4 is 10.0 Å². The number of hydrogen-bond acceptors (Lipinski definition) is 4. The first-order valence-electron chi connectivity index (χ1n) is 11.2. The molecule has 0 aliphatic heterocycles. The van der Waals surface area contributed by atoms with Gasteiger partial charge in [0.05, 0.1) is 16.3 Å². The lowest BCUT2D eigenvalue weighted by molar-refractivity contribution is 0.101. The summed E-state index contributed by atoms with van der Waals surface area (Å²) in [6, 6.07) is 25.2. The molecule has 1 aromatic heterocycles. The van der Waals surface area contributed by atoms with Gasteiger partial charge < -0.3 is 5.32 Å². The van der Waals surface area contributed by atoms with E-state index in [1.54, 1.807) is 80.1 Å². The Morgan fingerprint density at radius 3 is 2.17 bits per heavy atom. The zero-order valence-corrected chi connectivity index (χ0v) is 20.9. The van der Waals surface area contributed by atoms with Gasteiger partial charge in [-0.15, -0.1) is 0 Å². The Kier molecular flexibility index (Phi) is 6.60. The van der Waals surface area contributed by atoms with Crippen LogP contribution in [0.25, 0.3) is 16.8 Å². The molecule has 0 saturated carbocycles. The third-order valence-electron chi connectivity index (χ3n) is 5.14. The van der Waals surface area contributed by atoms with Crippen molar-refractivity contribution in [2.24, 2.45) is 0 Å². The third kappa shape index (κ3) is 5.67. The van der Waals surface area contributed by atoms with E-state index >= 15 is 0 Å². The van der Waals surface area contributed by atoms with E-state index in [9.17, 15) is 13.2 Å². The maximum atomic E-state index is 13.0. The van der Waals surface area contributed by atoms with Crippen LogP contribution in [0.4, 0.5) is 5.69 Å². The molecular weight excluding hydrogens is 460 g/mol. The number of nitrogens with one attached hydrogen (secondary N) is 2. The second kappa shape index (κ2) is 9.48. The zero-order valence-electron chi connectivity index (χ0n) is 20.1. The molecule has 2 N–H and O–H groups in total. The number of para-hydroxylation sites is 1. The molecule has 35 heavy (non-hydrogen) atoms. The van der Waals surface area contributed by atoms with Gasteiger partial charge in [0.1, 0.15) is 5.69 Å². The molecule has 0 radical (unpaired) electrons. The molecule has 0 unspecified atom stereocenters. The first-order valence-corrected chi connectivity index (χ1v) is 12.7. The molecule has 0 aliphatic rings. The van der Waals surface area contributed by atoms with Crippen molar-refractivity contribution in [3.8, 4) is 16.8 Å². The summed E-state index contributed by atoms with van der Waals surface area (Å²) in [5.41, 5.74) is 3.24. The topological polar surface area (TPSA) is 93.1 Å². The number of aryl methyl sites for hydroxylation is 1. The molecule has 8 heteroatoms. The highest BCUT2D eigenvalue weighted by molar-refractivity contribution is 7.89. The molecule has 4 aromatic rings. The van der Waals surface area contributed by atoms with Gasteiger partial charge in [-0.3, -0.25) is 4.79 Å². The summed E-state index contributed by atoms with van der Waals surface area (Å²) in [6.45, 7) is 7.24. The van der Waals surface area contributed by atoms with E-state index in [-0.39, 0.29) is 10.8 Å². The van der Waals surface area contributed by atoms with Gasteiger partial charge in [0.15, 0.2) is 0 Å². The number of amides is 1. The van der Waals surface area contributed by atoms with Gasteiger partial charge in [0.2, 0.25) is 10.0 Å². The molecule has 0 saturated heterocycles. The van der Waals surface area contributed by atoms with Crippen molar-refractivity contribution in [3.05, 3.63) is 96.3 Å². The van der Waals surface area contributed by atoms with Crippen LogP contribution in [-0.2, 0) is 10.0 Å². The summed E-state index contributed by atoms with van der Waals surface area (Å²) >= 11 is 0. The van der Waals surface area contributed by atoms with Crippen molar-refractivity contribution in [2.45, 2.75) is 38.1 Å². The number of aromatic nitrogens is 2. The Hall–Kier alpha value is -3.75. The van der Waals surface area contributed by atoms with E-state index in [4.69, 9.17) is 0 Å². The van der Waals surface area contributed by atoms with Gasteiger partial charge in [-0.05, 0) is 69.7 Å². The van der Waals surface area contributed by atoms with Gasteiger partial charge in [-0.2, -0.15) is 5.10 Å². The second-order valence-electron chi connectivity index (χ2n) is 9.30. The molecule has 0 fully saturated rings. The standard InChI is InChI=1S/C27H28N4O3S/c1-19-18-24(31(29-19)22-10-6-5-7-11-22)26(32)28-21-16-14-20(15-17-21)23-12-8-9-13-25(23)35(33,34)30-27(2,3)4/h5-18,30H,1-4H3,(H,28,32). The average Bonchev–Trinajstić information content (AvgIpc) is 3.20.